The van der Waals surface area contributed by atoms with Crippen LogP contribution in [0.4, 0.5) is 0 Å². The monoisotopic (exact) mass is 389 g/mol. The third-order valence-corrected chi connectivity index (χ3v) is 6.54. The molecule has 7 nitrogen and oxygen atoms in total. The predicted molar refractivity (Wildman–Crippen MR) is 103 cm³/mol. The lowest BCUT2D eigenvalue weighted by atomic mass is 10.0. The predicted octanol–water partition coefficient (Wildman–Crippen LogP) is 2.07. The van der Waals surface area contributed by atoms with Crippen LogP contribution in [0, 0.1) is 0 Å². The number of hydrogen-bond donors (Lipinski definition) is 0. The molecule has 0 aromatic heterocycles. The number of thioether (sulfide) groups is 1. The molecule has 2 atom stereocenters. The summed E-state index contributed by atoms with van der Waals surface area (Å²) in [5, 5.41) is 0.420. The number of methoxy groups -OCH3 is 2. The number of aliphatic imine (C=N–C) groups is 1. The highest BCUT2D eigenvalue weighted by molar-refractivity contribution is 8.15. The van der Waals surface area contributed by atoms with Crippen LogP contribution in [0.1, 0.15) is 30.9 Å². The molecule has 0 N–H and O–H groups in total. The fourth-order valence-corrected chi connectivity index (χ4v) is 5.15. The standard InChI is InChI=1S/C19H23N3O4S/c1-25-12-5-6-13(15(10-12)26-2)14-4-3-8-21(14)17(23)11-16-18(24)22-9-7-20-19(22)27-16/h5-6,10,14,16H,3-4,7-9,11H2,1-2H3/t14-,16+/m1/s1. The van der Waals surface area contributed by atoms with E-state index in [1.54, 1.807) is 19.1 Å². The number of carbonyl (C=O) groups excluding carboxylic acids is 2. The van der Waals surface area contributed by atoms with Gasteiger partial charge < -0.3 is 14.4 Å². The molecule has 2 amide bonds. The largest absolute Gasteiger partial charge is 0.497 e. The SMILES string of the molecule is COc1ccc([C@H]2CCCN2C(=O)C[C@@H]2SC3=NCCN3C2=O)c(OC)c1. The van der Waals surface area contributed by atoms with E-state index in [4.69, 9.17) is 9.47 Å². The number of amides is 2. The van der Waals surface area contributed by atoms with Crippen molar-refractivity contribution in [1.29, 1.82) is 0 Å². The average molecular weight is 389 g/mol. The molecule has 27 heavy (non-hydrogen) atoms. The lowest BCUT2D eigenvalue weighted by molar-refractivity contribution is -0.135. The maximum Gasteiger partial charge on any atom is 0.242 e. The minimum atomic E-state index is -0.351. The molecule has 0 bridgehead atoms. The lowest BCUT2D eigenvalue weighted by Gasteiger charge is -2.27. The third kappa shape index (κ3) is 3.26. The molecular formula is C19H23N3O4S. The Balaban J connectivity index is 1.50. The number of ether oxygens (including phenoxy) is 2. The van der Waals surface area contributed by atoms with E-state index >= 15 is 0 Å². The molecule has 0 unspecified atom stereocenters. The van der Waals surface area contributed by atoms with Gasteiger partial charge in [-0.1, -0.05) is 11.8 Å². The van der Waals surface area contributed by atoms with Gasteiger partial charge in [0.1, 0.15) is 16.7 Å². The molecule has 4 rings (SSSR count). The highest BCUT2D eigenvalue weighted by Gasteiger charge is 2.42. The van der Waals surface area contributed by atoms with Gasteiger partial charge >= 0.3 is 0 Å². The third-order valence-electron chi connectivity index (χ3n) is 5.32. The van der Waals surface area contributed by atoms with Crippen molar-refractivity contribution in [2.24, 2.45) is 4.99 Å². The zero-order valence-electron chi connectivity index (χ0n) is 15.5. The number of rotatable bonds is 5. The Kier molecular flexibility index (Phi) is 4.99. The van der Waals surface area contributed by atoms with Gasteiger partial charge in [-0.15, -0.1) is 0 Å². The van der Waals surface area contributed by atoms with Crippen LogP contribution in [0.2, 0.25) is 0 Å². The second-order valence-electron chi connectivity index (χ2n) is 6.82. The van der Waals surface area contributed by atoms with Gasteiger partial charge in [-0.25, -0.2) is 0 Å². The fourth-order valence-electron chi connectivity index (χ4n) is 3.97. The minimum Gasteiger partial charge on any atom is -0.497 e. The summed E-state index contributed by atoms with van der Waals surface area (Å²) in [7, 11) is 3.24. The first kappa shape index (κ1) is 18.2. The Morgan fingerprint density at radius 2 is 2.15 bits per heavy atom. The van der Waals surface area contributed by atoms with E-state index in [1.165, 1.54) is 11.8 Å². The van der Waals surface area contributed by atoms with Gasteiger partial charge in [-0.05, 0) is 25.0 Å². The Bertz CT molecular complexity index is 797. The van der Waals surface area contributed by atoms with E-state index < -0.39 is 0 Å². The van der Waals surface area contributed by atoms with Crippen molar-refractivity contribution in [3.8, 4) is 11.5 Å². The van der Waals surface area contributed by atoms with Crippen molar-refractivity contribution in [3.05, 3.63) is 23.8 Å². The zero-order chi connectivity index (χ0) is 19.0. The normalized spacial score (nSPS) is 24.2. The van der Waals surface area contributed by atoms with Crippen LogP contribution < -0.4 is 9.47 Å². The van der Waals surface area contributed by atoms with Crippen LogP contribution in [0.5, 0.6) is 11.5 Å². The van der Waals surface area contributed by atoms with Gasteiger partial charge in [0.25, 0.3) is 0 Å². The van der Waals surface area contributed by atoms with E-state index in [9.17, 15) is 9.59 Å². The Hall–Kier alpha value is -2.22. The summed E-state index contributed by atoms with van der Waals surface area (Å²) in [5.41, 5.74) is 0.986. The molecule has 1 aromatic rings. The van der Waals surface area contributed by atoms with Crippen LogP contribution in [0.3, 0.4) is 0 Å². The highest BCUT2D eigenvalue weighted by Crippen LogP contribution is 2.40. The van der Waals surface area contributed by atoms with Crippen molar-refractivity contribution in [2.75, 3.05) is 33.9 Å². The maximum atomic E-state index is 13.0. The summed E-state index contributed by atoms with van der Waals surface area (Å²) < 4.78 is 10.8. The quantitative estimate of drug-likeness (QED) is 0.771. The summed E-state index contributed by atoms with van der Waals surface area (Å²) in [6.07, 6.45) is 2.04. The first-order valence-corrected chi connectivity index (χ1v) is 10.0. The molecule has 144 valence electrons. The van der Waals surface area contributed by atoms with E-state index in [0.717, 1.165) is 35.1 Å². The Labute approximate surface area is 162 Å². The molecule has 0 aliphatic carbocycles. The van der Waals surface area contributed by atoms with E-state index in [0.29, 0.717) is 19.6 Å². The maximum absolute atomic E-state index is 13.0. The minimum absolute atomic E-state index is 0.0161. The smallest absolute Gasteiger partial charge is 0.242 e. The van der Waals surface area contributed by atoms with Crippen LogP contribution in [-0.2, 0) is 9.59 Å². The van der Waals surface area contributed by atoms with Gasteiger partial charge in [-0.2, -0.15) is 0 Å². The molecule has 3 aliphatic rings. The van der Waals surface area contributed by atoms with Crippen molar-refractivity contribution < 1.29 is 19.1 Å². The lowest BCUT2D eigenvalue weighted by Crippen LogP contribution is -2.36. The first-order valence-electron chi connectivity index (χ1n) is 9.16. The van der Waals surface area contributed by atoms with Crippen molar-refractivity contribution in [2.45, 2.75) is 30.6 Å². The summed E-state index contributed by atoms with van der Waals surface area (Å²) >= 11 is 1.42. The molecule has 0 spiro atoms. The second kappa shape index (κ2) is 7.42. The number of hydrogen-bond acceptors (Lipinski definition) is 6. The number of amidine groups is 1. The van der Waals surface area contributed by atoms with Crippen LogP contribution >= 0.6 is 11.8 Å². The Morgan fingerprint density at radius 3 is 2.89 bits per heavy atom. The Morgan fingerprint density at radius 1 is 1.30 bits per heavy atom. The first-order chi connectivity index (χ1) is 13.1. The molecule has 3 aliphatic heterocycles. The van der Waals surface area contributed by atoms with E-state index in [1.807, 2.05) is 23.1 Å². The topological polar surface area (TPSA) is 71.4 Å². The highest BCUT2D eigenvalue weighted by atomic mass is 32.2. The summed E-state index contributed by atoms with van der Waals surface area (Å²) in [4.78, 5) is 33.4. The van der Waals surface area contributed by atoms with Gasteiger partial charge in [0.15, 0.2) is 5.17 Å². The van der Waals surface area contributed by atoms with E-state index in [-0.39, 0.29) is 29.5 Å². The van der Waals surface area contributed by atoms with Gasteiger partial charge in [-0.3, -0.25) is 19.5 Å². The van der Waals surface area contributed by atoms with Crippen molar-refractivity contribution >= 4 is 28.7 Å². The summed E-state index contributed by atoms with van der Waals surface area (Å²) in [6.45, 7) is 2.01. The molecule has 8 heteroatoms. The molecule has 1 aromatic carbocycles. The molecule has 0 saturated carbocycles. The molecule has 2 saturated heterocycles. The second-order valence-corrected chi connectivity index (χ2v) is 7.99. The molecule has 0 radical (unpaired) electrons. The van der Waals surface area contributed by atoms with Gasteiger partial charge in [0.2, 0.25) is 11.8 Å². The number of nitrogens with zero attached hydrogens (tertiary/aromatic N) is 3. The van der Waals surface area contributed by atoms with Gasteiger partial charge in [0.05, 0.1) is 26.8 Å². The van der Waals surface area contributed by atoms with Crippen LogP contribution in [0.15, 0.2) is 23.2 Å². The van der Waals surface area contributed by atoms with Crippen LogP contribution in [0.25, 0.3) is 0 Å². The van der Waals surface area contributed by atoms with Crippen molar-refractivity contribution in [1.82, 2.24) is 9.80 Å². The summed E-state index contributed by atoms with van der Waals surface area (Å²) in [6, 6.07) is 5.67. The van der Waals surface area contributed by atoms with Crippen molar-refractivity contribution in [3.63, 3.8) is 0 Å². The molecular weight excluding hydrogens is 366 g/mol. The van der Waals surface area contributed by atoms with Crippen LogP contribution in [-0.4, -0.2) is 65.9 Å². The number of benzene rings is 1. The average Bonchev–Trinajstić information content (AvgIpc) is 3.40. The fraction of sp³-hybridized carbons (Fsp3) is 0.526. The zero-order valence-corrected chi connectivity index (χ0v) is 16.3. The summed E-state index contributed by atoms with van der Waals surface area (Å²) in [5.74, 6) is 1.48. The number of likely N-dealkylation sites (tertiary alicyclic amines) is 1. The molecule has 3 heterocycles. The van der Waals surface area contributed by atoms with E-state index in [2.05, 4.69) is 4.99 Å². The number of carbonyl (C=O) groups is 2. The number of fused-ring (bicyclic) bond motifs is 1. The van der Waals surface area contributed by atoms with Gasteiger partial charge in [0, 0.05) is 31.1 Å². The molecule has 2 fully saturated rings.